The Morgan fingerprint density at radius 1 is 1.21 bits per heavy atom. The zero-order valence-electron chi connectivity index (χ0n) is 14.4. The molecule has 1 aromatic rings. The van der Waals surface area contributed by atoms with Crippen LogP contribution in [-0.2, 0) is 9.84 Å². The van der Waals surface area contributed by atoms with E-state index in [2.05, 4.69) is 24.1 Å². The molecule has 1 aromatic carbocycles. The molecule has 1 heterocycles. The third-order valence-electron chi connectivity index (χ3n) is 4.31. The number of sulfone groups is 1. The fourth-order valence-corrected chi connectivity index (χ4v) is 4.46. The van der Waals surface area contributed by atoms with Crippen molar-refractivity contribution in [1.82, 2.24) is 4.90 Å². The first kappa shape index (κ1) is 19.1. The molecule has 7 heteroatoms. The largest absolute Gasteiger partial charge is 0.380 e. The third kappa shape index (κ3) is 4.66. The van der Waals surface area contributed by atoms with Gasteiger partial charge >= 0.3 is 5.76 Å². The molecule has 0 aliphatic carbocycles. The predicted molar refractivity (Wildman–Crippen MR) is 92.1 cm³/mol. The van der Waals surface area contributed by atoms with Gasteiger partial charge in [0.05, 0.1) is 10.6 Å². The van der Waals surface area contributed by atoms with Crippen LogP contribution >= 0.6 is 0 Å². The fraction of sp³-hybridized carbons (Fsp3) is 0.647. The second-order valence-electron chi connectivity index (χ2n) is 7.01. The molecule has 0 saturated carbocycles. The summed E-state index contributed by atoms with van der Waals surface area (Å²) < 4.78 is 49.3. The maximum atomic E-state index is 12.9. The summed E-state index contributed by atoms with van der Waals surface area (Å²) >= 11 is 0. The average Bonchev–Trinajstić information content (AvgIpc) is 2.46. The van der Waals surface area contributed by atoms with E-state index in [1.165, 1.54) is 24.6 Å². The molecule has 1 aliphatic heterocycles. The summed E-state index contributed by atoms with van der Waals surface area (Å²) in [7, 11) is -4.61. The number of anilines is 1. The fourth-order valence-electron chi connectivity index (χ4n) is 3.57. The van der Waals surface area contributed by atoms with E-state index in [0.717, 1.165) is 19.6 Å². The van der Waals surface area contributed by atoms with Crippen LogP contribution in [0.2, 0.25) is 0 Å². The van der Waals surface area contributed by atoms with E-state index in [0.29, 0.717) is 11.8 Å². The maximum Gasteiger partial charge on any atom is 0.341 e. The summed E-state index contributed by atoms with van der Waals surface area (Å²) in [5, 5.41) is 3.09. The molecule has 1 aliphatic rings. The molecule has 0 radical (unpaired) electrons. The van der Waals surface area contributed by atoms with Crippen LogP contribution in [0.5, 0.6) is 0 Å². The second kappa shape index (κ2) is 7.78. The summed E-state index contributed by atoms with van der Waals surface area (Å²) in [6.45, 7) is 9.16. The van der Waals surface area contributed by atoms with Crippen molar-refractivity contribution in [3.63, 3.8) is 0 Å². The molecule has 1 fully saturated rings. The summed E-state index contributed by atoms with van der Waals surface area (Å²) in [6.07, 6.45) is 1.22. The Bertz CT molecular complexity index is 642. The van der Waals surface area contributed by atoms with Gasteiger partial charge in [-0.3, -0.25) is 0 Å². The van der Waals surface area contributed by atoms with E-state index in [9.17, 15) is 17.2 Å². The monoisotopic (exact) mass is 360 g/mol. The highest BCUT2D eigenvalue weighted by Crippen LogP contribution is 2.27. The number of nitrogens with zero attached hydrogens (tertiary/aromatic N) is 1. The van der Waals surface area contributed by atoms with Gasteiger partial charge in [0.2, 0.25) is 9.84 Å². The summed E-state index contributed by atoms with van der Waals surface area (Å²) in [5.41, 5.74) is 0.239. The van der Waals surface area contributed by atoms with Gasteiger partial charge in [-0.1, -0.05) is 26.0 Å². The van der Waals surface area contributed by atoms with E-state index < -0.39 is 15.6 Å². The van der Waals surface area contributed by atoms with Crippen molar-refractivity contribution in [3.05, 3.63) is 24.3 Å². The number of para-hydroxylation sites is 1. The Kier molecular flexibility index (Phi) is 6.20. The minimum absolute atomic E-state index is 0.0449. The lowest BCUT2D eigenvalue weighted by Gasteiger charge is -2.36. The minimum atomic E-state index is -4.61. The highest BCUT2D eigenvalue weighted by Gasteiger charge is 2.29. The van der Waals surface area contributed by atoms with Crippen LogP contribution in [0.15, 0.2) is 29.2 Å². The van der Waals surface area contributed by atoms with Crippen molar-refractivity contribution in [2.75, 3.05) is 25.0 Å². The molecule has 0 spiro atoms. The smallest absolute Gasteiger partial charge is 0.341 e. The summed E-state index contributed by atoms with van der Waals surface area (Å²) in [4.78, 5) is 2.01. The van der Waals surface area contributed by atoms with E-state index in [1.54, 1.807) is 6.07 Å². The summed E-state index contributed by atoms with van der Waals surface area (Å²) in [5.74, 6) is -2.15. The zero-order valence-corrected chi connectivity index (χ0v) is 15.2. The SMILES string of the molecule is CC1CC(C)CN(CC(C)Nc2ccccc2S(=O)(=O)C(F)F)C1. The number of hydrogen-bond donors (Lipinski definition) is 1. The first-order chi connectivity index (χ1) is 11.2. The number of benzene rings is 1. The second-order valence-corrected chi connectivity index (χ2v) is 8.90. The van der Waals surface area contributed by atoms with Crippen molar-refractivity contribution in [2.24, 2.45) is 11.8 Å². The van der Waals surface area contributed by atoms with E-state index in [-0.39, 0.29) is 16.6 Å². The topological polar surface area (TPSA) is 49.4 Å². The molecule has 0 amide bonds. The number of halogens is 2. The number of likely N-dealkylation sites (tertiary alicyclic amines) is 1. The average molecular weight is 360 g/mol. The van der Waals surface area contributed by atoms with Crippen LogP contribution in [-0.4, -0.2) is 44.8 Å². The Morgan fingerprint density at radius 2 is 1.79 bits per heavy atom. The maximum absolute atomic E-state index is 12.9. The van der Waals surface area contributed by atoms with Crippen LogP contribution < -0.4 is 5.32 Å². The van der Waals surface area contributed by atoms with Gasteiger partial charge in [-0.15, -0.1) is 0 Å². The van der Waals surface area contributed by atoms with Gasteiger partial charge in [-0.05, 0) is 37.3 Å². The Hall–Kier alpha value is -1.21. The van der Waals surface area contributed by atoms with Crippen molar-refractivity contribution >= 4 is 15.5 Å². The Morgan fingerprint density at radius 3 is 2.38 bits per heavy atom. The number of rotatable bonds is 6. The van der Waals surface area contributed by atoms with Crippen molar-refractivity contribution in [3.8, 4) is 0 Å². The van der Waals surface area contributed by atoms with Crippen LogP contribution in [0.3, 0.4) is 0 Å². The number of piperidine rings is 1. The molecule has 3 unspecified atom stereocenters. The number of hydrogen-bond acceptors (Lipinski definition) is 4. The lowest BCUT2D eigenvalue weighted by molar-refractivity contribution is 0.138. The molecular weight excluding hydrogens is 334 g/mol. The lowest BCUT2D eigenvalue weighted by Crippen LogP contribution is -2.43. The van der Waals surface area contributed by atoms with Crippen LogP contribution in [0.1, 0.15) is 27.2 Å². The first-order valence-electron chi connectivity index (χ1n) is 8.30. The molecule has 1 N–H and O–H groups in total. The highest BCUT2D eigenvalue weighted by atomic mass is 32.2. The van der Waals surface area contributed by atoms with Crippen molar-refractivity contribution in [2.45, 2.75) is 43.9 Å². The van der Waals surface area contributed by atoms with Gasteiger partial charge in [0.15, 0.2) is 0 Å². The predicted octanol–water partition coefficient (Wildman–Crippen LogP) is 3.46. The molecule has 4 nitrogen and oxygen atoms in total. The van der Waals surface area contributed by atoms with Crippen LogP contribution in [0, 0.1) is 11.8 Å². The molecule has 1 saturated heterocycles. The first-order valence-corrected chi connectivity index (χ1v) is 9.84. The zero-order chi connectivity index (χ0) is 17.9. The molecule has 2 rings (SSSR count). The van der Waals surface area contributed by atoms with Crippen LogP contribution in [0.25, 0.3) is 0 Å². The Labute approximate surface area is 143 Å². The van der Waals surface area contributed by atoms with Gasteiger partial charge in [-0.25, -0.2) is 8.42 Å². The highest BCUT2D eigenvalue weighted by molar-refractivity contribution is 7.91. The quantitative estimate of drug-likeness (QED) is 0.844. The van der Waals surface area contributed by atoms with E-state index in [1.807, 2.05) is 6.92 Å². The number of alkyl halides is 2. The van der Waals surface area contributed by atoms with Gasteiger partial charge < -0.3 is 10.2 Å². The standard InChI is InChI=1S/C17H26F2N2O2S/c1-12-8-13(2)10-21(9-12)11-14(3)20-15-6-4-5-7-16(15)24(22,23)17(18)19/h4-7,12-14,17,20H,8-11H2,1-3H3. The van der Waals surface area contributed by atoms with Gasteiger partial charge in [0, 0.05) is 25.7 Å². The molecule has 0 aromatic heterocycles. The van der Waals surface area contributed by atoms with Gasteiger partial charge in [0.25, 0.3) is 0 Å². The van der Waals surface area contributed by atoms with E-state index in [4.69, 9.17) is 0 Å². The van der Waals surface area contributed by atoms with Crippen molar-refractivity contribution < 1.29 is 17.2 Å². The molecule has 3 atom stereocenters. The van der Waals surface area contributed by atoms with Crippen molar-refractivity contribution in [1.29, 1.82) is 0 Å². The summed E-state index contributed by atoms with van der Waals surface area (Å²) in [6, 6.07) is 5.81. The Balaban J connectivity index is 2.08. The van der Waals surface area contributed by atoms with E-state index >= 15 is 0 Å². The lowest BCUT2D eigenvalue weighted by atomic mass is 9.92. The van der Waals surface area contributed by atoms with Gasteiger partial charge in [-0.2, -0.15) is 8.78 Å². The molecule has 24 heavy (non-hydrogen) atoms. The molecule has 136 valence electrons. The minimum Gasteiger partial charge on any atom is -0.380 e. The van der Waals surface area contributed by atoms with Crippen LogP contribution in [0.4, 0.5) is 14.5 Å². The van der Waals surface area contributed by atoms with Gasteiger partial charge in [0.1, 0.15) is 0 Å². The number of nitrogens with one attached hydrogen (secondary N) is 1. The molecule has 0 bridgehead atoms. The third-order valence-corrected chi connectivity index (χ3v) is 5.74. The molecular formula is C17H26F2N2O2S. The normalized spacial score (nSPS) is 24.1.